The van der Waals surface area contributed by atoms with Crippen molar-refractivity contribution in [2.75, 3.05) is 0 Å². The Hall–Kier alpha value is -2.48. The number of hydrogen-bond donors (Lipinski definition) is 1. The van der Waals surface area contributed by atoms with E-state index in [1.165, 1.54) is 24.3 Å². The summed E-state index contributed by atoms with van der Waals surface area (Å²) in [5, 5.41) is 10.4. The third-order valence-electron chi connectivity index (χ3n) is 3.07. The van der Waals surface area contributed by atoms with E-state index in [2.05, 4.69) is 15.4 Å². The normalized spacial score (nSPS) is 11.1. The summed E-state index contributed by atoms with van der Waals surface area (Å²) in [5.41, 5.74) is 2.51. The monoisotopic (exact) mass is 335 g/mol. The zero-order chi connectivity index (χ0) is 16.2. The Bertz CT molecular complexity index is 821. The van der Waals surface area contributed by atoms with Gasteiger partial charge in [-0.15, -0.1) is 0 Å². The zero-order valence-corrected chi connectivity index (χ0v) is 12.5. The van der Waals surface area contributed by atoms with Gasteiger partial charge in [0.1, 0.15) is 17.6 Å². The first-order valence-electron chi connectivity index (χ1n) is 6.63. The maximum Gasteiger partial charge on any atom is 0.338 e. The molecule has 0 atom stereocenters. The van der Waals surface area contributed by atoms with Crippen molar-refractivity contribution in [3.05, 3.63) is 53.6 Å². The Labute approximate surface area is 134 Å². The Morgan fingerprint density at radius 3 is 2.61 bits per heavy atom. The molecule has 0 aliphatic carbocycles. The van der Waals surface area contributed by atoms with Crippen molar-refractivity contribution in [3.8, 4) is 0 Å². The fraction of sp³-hybridized carbons (Fsp3) is 0.133. The van der Waals surface area contributed by atoms with Crippen LogP contribution in [-0.4, -0.2) is 27.1 Å². The van der Waals surface area contributed by atoms with E-state index in [0.29, 0.717) is 27.7 Å². The molecule has 0 saturated carbocycles. The summed E-state index contributed by atoms with van der Waals surface area (Å²) < 4.78 is 29.7. The number of H-pyrrole nitrogens is 1. The van der Waals surface area contributed by atoms with Gasteiger partial charge in [-0.25, -0.2) is 4.79 Å². The number of thioether (sulfide) groups is 1. The molecule has 1 heterocycles. The maximum absolute atomic E-state index is 12.2. The smallest absolute Gasteiger partial charge is 0.338 e. The molecule has 23 heavy (non-hydrogen) atoms. The molecule has 3 aromatic rings. The molecule has 1 N–H and O–H groups in total. The Kier molecular flexibility index (Phi) is 4.52. The Morgan fingerprint density at radius 2 is 1.87 bits per heavy atom. The largest absolute Gasteiger partial charge is 0.457 e. The number of ether oxygens (including phenoxy) is 1. The van der Waals surface area contributed by atoms with E-state index in [0.717, 1.165) is 11.1 Å². The summed E-state index contributed by atoms with van der Waals surface area (Å²) in [6.45, 7) is 0.0924. The molecule has 0 bridgehead atoms. The van der Waals surface area contributed by atoms with Crippen molar-refractivity contribution in [1.29, 1.82) is 0 Å². The number of rotatable bonds is 5. The van der Waals surface area contributed by atoms with Gasteiger partial charge in [-0.1, -0.05) is 17.8 Å². The molecule has 0 aliphatic rings. The van der Waals surface area contributed by atoms with Gasteiger partial charge in [0.15, 0.2) is 0 Å². The quantitative estimate of drug-likeness (QED) is 0.570. The van der Waals surface area contributed by atoms with Crippen LogP contribution in [0.25, 0.3) is 11.0 Å². The average Bonchev–Trinajstić information content (AvgIpc) is 3.00. The SMILES string of the molecule is O=C(OCc1ccc2n[nH]nc2c1)c1ccc(SC(F)F)cc1. The number of hydrogen-bond acceptors (Lipinski definition) is 5. The highest BCUT2D eigenvalue weighted by Gasteiger charge is 2.10. The van der Waals surface area contributed by atoms with Gasteiger partial charge in [0.2, 0.25) is 0 Å². The van der Waals surface area contributed by atoms with E-state index in [1.54, 1.807) is 18.2 Å². The van der Waals surface area contributed by atoms with Gasteiger partial charge in [0.05, 0.1) is 5.56 Å². The van der Waals surface area contributed by atoms with Crippen LogP contribution in [0.4, 0.5) is 8.78 Å². The average molecular weight is 335 g/mol. The van der Waals surface area contributed by atoms with E-state index in [-0.39, 0.29) is 6.61 Å². The number of carbonyl (C=O) groups is 1. The second-order valence-corrected chi connectivity index (χ2v) is 5.69. The van der Waals surface area contributed by atoms with Crippen LogP contribution in [0.2, 0.25) is 0 Å². The molecule has 0 spiro atoms. The van der Waals surface area contributed by atoms with E-state index in [4.69, 9.17) is 4.74 Å². The van der Waals surface area contributed by atoms with Gasteiger partial charge in [-0.05, 0) is 42.0 Å². The molecular formula is C15H11F2N3O2S. The van der Waals surface area contributed by atoms with Gasteiger partial charge in [0.25, 0.3) is 5.76 Å². The summed E-state index contributed by atoms with van der Waals surface area (Å²) >= 11 is 0.430. The van der Waals surface area contributed by atoms with Crippen molar-refractivity contribution in [2.45, 2.75) is 17.3 Å². The number of aromatic amines is 1. The third-order valence-corrected chi connectivity index (χ3v) is 3.79. The van der Waals surface area contributed by atoms with E-state index >= 15 is 0 Å². The first-order valence-corrected chi connectivity index (χ1v) is 7.51. The Balaban J connectivity index is 1.62. The van der Waals surface area contributed by atoms with Crippen LogP contribution in [-0.2, 0) is 11.3 Å². The minimum Gasteiger partial charge on any atom is -0.457 e. The number of alkyl halides is 2. The second-order valence-electron chi connectivity index (χ2n) is 4.63. The van der Waals surface area contributed by atoms with Gasteiger partial charge >= 0.3 is 5.97 Å². The van der Waals surface area contributed by atoms with Crippen LogP contribution in [0.15, 0.2) is 47.4 Å². The molecule has 0 aliphatic heterocycles. The lowest BCUT2D eigenvalue weighted by molar-refractivity contribution is 0.0473. The molecule has 0 unspecified atom stereocenters. The molecule has 0 amide bonds. The minimum absolute atomic E-state index is 0.0924. The van der Waals surface area contributed by atoms with Crippen molar-refractivity contribution in [1.82, 2.24) is 15.4 Å². The first kappa shape index (κ1) is 15.4. The van der Waals surface area contributed by atoms with Crippen molar-refractivity contribution < 1.29 is 18.3 Å². The third kappa shape index (κ3) is 3.84. The van der Waals surface area contributed by atoms with Crippen LogP contribution >= 0.6 is 11.8 Å². The highest BCUT2D eigenvalue weighted by atomic mass is 32.2. The minimum atomic E-state index is -2.49. The lowest BCUT2D eigenvalue weighted by Gasteiger charge is -2.06. The lowest BCUT2D eigenvalue weighted by atomic mass is 10.2. The number of aromatic nitrogens is 3. The van der Waals surface area contributed by atoms with E-state index in [1.807, 2.05) is 0 Å². The summed E-state index contributed by atoms with van der Waals surface area (Å²) in [5.74, 6) is -3.00. The van der Waals surface area contributed by atoms with Gasteiger partial charge in [0, 0.05) is 4.90 Å². The summed E-state index contributed by atoms with van der Waals surface area (Å²) in [6.07, 6.45) is 0. The maximum atomic E-state index is 12.2. The topological polar surface area (TPSA) is 67.9 Å². The Morgan fingerprint density at radius 1 is 1.13 bits per heavy atom. The van der Waals surface area contributed by atoms with Gasteiger partial charge < -0.3 is 4.74 Å². The molecule has 5 nitrogen and oxygen atoms in total. The summed E-state index contributed by atoms with van der Waals surface area (Å²) in [7, 11) is 0. The van der Waals surface area contributed by atoms with Crippen molar-refractivity contribution in [2.24, 2.45) is 0 Å². The summed E-state index contributed by atoms with van der Waals surface area (Å²) in [4.78, 5) is 12.4. The van der Waals surface area contributed by atoms with Gasteiger partial charge in [-0.2, -0.15) is 24.2 Å². The number of nitrogens with one attached hydrogen (secondary N) is 1. The summed E-state index contributed by atoms with van der Waals surface area (Å²) in [6, 6.07) is 11.2. The van der Waals surface area contributed by atoms with Crippen LogP contribution in [0.1, 0.15) is 15.9 Å². The zero-order valence-electron chi connectivity index (χ0n) is 11.7. The van der Waals surface area contributed by atoms with Crippen LogP contribution in [0, 0.1) is 0 Å². The fourth-order valence-corrected chi connectivity index (χ4v) is 2.48. The number of nitrogens with zero attached hydrogens (tertiary/aromatic N) is 2. The van der Waals surface area contributed by atoms with Crippen LogP contribution < -0.4 is 0 Å². The van der Waals surface area contributed by atoms with E-state index < -0.39 is 11.7 Å². The van der Waals surface area contributed by atoms with Crippen LogP contribution in [0.3, 0.4) is 0 Å². The molecule has 8 heteroatoms. The molecule has 1 aromatic heterocycles. The second kappa shape index (κ2) is 6.74. The number of benzene rings is 2. The predicted octanol–water partition coefficient (Wildman–Crippen LogP) is 3.63. The van der Waals surface area contributed by atoms with E-state index in [9.17, 15) is 13.6 Å². The highest BCUT2D eigenvalue weighted by Crippen LogP contribution is 2.25. The molecule has 2 aromatic carbocycles. The number of halogens is 2. The number of carbonyl (C=O) groups excluding carboxylic acids is 1. The molecule has 0 fully saturated rings. The highest BCUT2D eigenvalue weighted by molar-refractivity contribution is 7.99. The molecule has 0 radical (unpaired) electrons. The standard InChI is InChI=1S/C15H11F2N3O2S/c16-15(17)23-11-4-2-10(3-5-11)14(21)22-8-9-1-6-12-13(7-9)19-20-18-12/h1-7,15H,8H2,(H,18,19,20). The molecular weight excluding hydrogens is 324 g/mol. The predicted molar refractivity (Wildman–Crippen MR) is 81.3 cm³/mol. The van der Waals surface area contributed by atoms with Crippen LogP contribution in [0.5, 0.6) is 0 Å². The van der Waals surface area contributed by atoms with Crippen molar-refractivity contribution >= 4 is 28.8 Å². The molecule has 3 rings (SSSR count). The number of esters is 1. The van der Waals surface area contributed by atoms with Gasteiger partial charge in [-0.3, -0.25) is 0 Å². The first-order chi connectivity index (χ1) is 11.1. The molecule has 0 saturated heterocycles. The molecule has 118 valence electrons. The lowest BCUT2D eigenvalue weighted by Crippen LogP contribution is -2.05. The fourth-order valence-electron chi connectivity index (χ4n) is 1.98. The number of fused-ring (bicyclic) bond motifs is 1. The van der Waals surface area contributed by atoms with Crippen molar-refractivity contribution in [3.63, 3.8) is 0 Å².